The zero-order valence-electron chi connectivity index (χ0n) is 8.90. The van der Waals surface area contributed by atoms with Crippen LogP contribution in [0.2, 0.25) is 0 Å². The fourth-order valence-corrected chi connectivity index (χ4v) is 1.58. The van der Waals surface area contributed by atoms with Crippen LogP contribution in [0.3, 0.4) is 0 Å². The first-order chi connectivity index (χ1) is 6.59. The van der Waals surface area contributed by atoms with E-state index in [0.29, 0.717) is 13.0 Å². The van der Waals surface area contributed by atoms with E-state index in [1.165, 1.54) is 0 Å². The summed E-state index contributed by atoms with van der Waals surface area (Å²) in [5.41, 5.74) is 6.38. The summed E-state index contributed by atoms with van der Waals surface area (Å²) in [7, 11) is 0. The molecule has 2 nitrogen and oxygen atoms in total. The molecule has 0 aromatic heterocycles. The first-order valence-electron chi connectivity index (χ1n) is 5.02. The molecule has 0 aliphatic carbocycles. The van der Waals surface area contributed by atoms with Crippen LogP contribution in [0.1, 0.15) is 25.8 Å². The van der Waals surface area contributed by atoms with Crippen LogP contribution in [0.25, 0.3) is 0 Å². The Labute approximate surface area is 85.8 Å². The number of nitrogens with two attached hydrogens (primary N) is 1. The second-order valence-electron chi connectivity index (χ2n) is 4.18. The van der Waals surface area contributed by atoms with E-state index in [-0.39, 0.29) is 11.5 Å². The highest BCUT2D eigenvalue weighted by atomic mass is 16.3. The molecule has 0 saturated carbocycles. The van der Waals surface area contributed by atoms with Gasteiger partial charge < -0.3 is 10.8 Å². The average molecular weight is 193 g/mol. The lowest BCUT2D eigenvalue weighted by atomic mass is 9.78. The molecule has 0 bridgehead atoms. The predicted octanol–water partition coefficient (Wildman–Crippen LogP) is 1.67. The molecule has 78 valence electrons. The number of hydrogen-bond donors (Lipinski definition) is 2. The third-order valence-electron chi connectivity index (χ3n) is 2.79. The largest absolute Gasteiger partial charge is 0.392 e. The van der Waals surface area contributed by atoms with Gasteiger partial charge in [0.25, 0.3) is 0 Å². The third kappa shape index (κ3) is 2.34. The van der Waals surface area contributed by atoms with Crippen LogP contribution in [-0.4, -0.2) is 17.8 Å². The number of benzene rings is 1. The second-order valence-corrected chi connectivity index (χ2v) is 4.18. The molecular weight excluding hydrogens is 174 g/mol. The van der Waals surface area contributed by atoms with E-state index in [4.69, 9.17) is 5.73 Å². The standard InChI is InChI=1S/C12H19NO/c1-12(2,11(14)8-9-13)10-6-4-3-5-7-10/h3-7,11,14H,8-9,13H2,1-2H3/t11-/m0/s1. The molecule has 1 aromatic rings. The van der Waals surface area contributed by atoms with Gasteiger partial charge in [-0.15, -0.1) is 0 Å². The second kappa shape index (κ2) is 4.58. The Bertz CT molecular complexity index is 269. The van der Waals surface area contributed by atoms with Gasteiger partial charge in [-0.25, -0.2) is 0 Å². The summed E-state index contributed by atoms with van der Waals surface area (Å²) in [6, 6.07) is 10.0. The minimum Gasteiger partial charge on any atom is -0.392 e. The van der Waals surface area contributed by atoms with Crippen LogP contribution in [-0.2, 0) is 5.41 Å². The van der Waals surface area contributed by atoms with Crippen LogP contribution >= 0.6 is 0 Å². The molecule has 0 unspecified atom stereocenters. The molecule has 0 saturated heterocycles. The topological polar surface area (TPSA) is 46.2 Å². The summed E-state index contributed by atoms with van der Waals surface area (Å²) in [6.07, 6.45) is 0.261. The molecule has 0 heterocycles. The Hall–Kier alpha value is -0.860. The van der Waals surface area contributed by atoms with Crippen molar-refractivity contribution in [1.82, 2.24) is 0 Å². The van der Waals surface area contributed by atoms with Crippen LogP contribution in [0.4, 0.5) is 0 Å². The summed E-state index contributed by atoms with van der Waals surface area (Å²) >= 11 is 0. The van der Waals surface area contributed by atoms with Crippen molar-refractivity contribution in [2.24, 2.45) is 5.73 Å². The Morgan fingerprint density at radius 1 is 1.29 bits per heavy atom. The Morgan fingerprint density at radius 2 is 1.86 bits per heavy atom. The minimum atomic E-state index is -0.380. The van der Waals surface area contributed by atoms with Crippen molar-refractivity contribution >= 4 is 0 Å². The lowest BCUT2D eigenvalue weighted by molar-refractivity contribution is 0.0936. The van der Waals surface area contributed by atoms with Crippen molar-refractivity contribution in [2.45, 2.75) is 31.8 Å². The number of aliphatic hydroxyl groups is 1. The maximum absolute atomic E-state index is 9.95. The molecular formula is C12H19NO. The highest BCUT2D eigenvalue weighted by Crippen LogP contribution is 2.28. The third-order valence-corrected chi connectivity index (χ3v) is 2.79. The van der Waals surface area contributed by atoms with Crippen molar-refractivity contribution in [1.29, 1.82) is 0 Å². The highest BCUT2D eigenvalue weighted by molar-refractivity contribution is 5.24. The zero-order chi connectivity index (χ0) is 10.6. The van der Waals surface area contributed by atoms with E-state index in [9.17, 15) is 5.11 Å². The normalized spacial score (nSPS) is 14.0. The lowest BCUT2D eigenvalue weighted by Gasteiger charge is -2.30. The van der Waals surface area contributed by atoms with Gasteiger partial charge in [-0.1, -0.05) is 44.2 Å². The van der Waals surface area contributed by atoms with E-state index in [1.54, 1.807) is 0 Å². The maximum atomic E-state index is 9.95. The molecule has 14 heavy (non-hydrogen) atoms. The molecule has 2 heteroatoms. The van der Waals surface area contributed by atoms with Crippen molar-refractivity contribution < 1.29 is 5.11 Å². The lowest BCUT2D eigenvalue weighted by Crippen LogP contribution is -2.35. The van der Waals surface area contributed by atoms with Gasteiger partial charge in [0.05, 0.1) is 6.10 Å². The molecule has 1 aromatic carbocycles. The average Bonchev–Trinajstić information content (AvgIpc) is 2.19. The number of hydrogen-bond acceptors (Lipinski definition) is 2. The van der Waals surface area contributed by atoms with Gasteiger partial charge in [0, 0.05) is 5.41 Å². The van der Waals surface area contributed by atoms with E-state index in [1.807, 2.05) is 44.2 Å². The van der Waals surface area contributed by atoms with Crippen molar-refractivity contribution in [2.75, 3.05) is 6.54 Å². The van der Waals surface area contributed by atoms with Crippen LogP contribution in [0.15, 0.2) is 30.3 Å². The van der Waals surface area contributed by atoms with Crippen LogP contribution in [0.5, 0.6) is 0 Å². The quantitative estimate of drug-likeness (QED) is 0.764. The SMILES string of the molecule is CC(C)(c1ccccc1)[C@@H](O)CCN. The number of aliphatic hydroxyl groups excluding tert-OH is 1. The monoisotopic (exact) mass is 193 g/mol. The molecule has 0 amide bonds. The van der Waals surface area contributed by atoms with E-state index in [2.05, 4.69) is 0 Å². The summed E-state index contributed by atoms with van der Waals surface area (Å²) in [6.45, 7) is 4.61. The minimum absolute atomic E-state index is 0.222. The Morgan fingerprint density at radius 3 is 2.36 bits per heavy atom. The molecule has 0 fully saturated rings. The van der Waals surface area contributed by atoms with Crippen LogP contribution < -0.4 is 5.73 Å². The highest BCUT2D eigenvalue weighted by Gasteiger charge is 2.28. The van der Waals surface area contributed by atoms with E-state index < -0.39 is 0 Å². The van der Waals surface area contributed by atoms with Gasteiger partial charge in [-0.05, 0) is 18.5 Å². The van der Waals surface area contributed by atoms with Crippen molar-refractivity contribution in [3.05, 3.63) is 35.9 Å². The summed E-state index contributed by atoms with van der Waals surface area (Å²) in [5.74, 6) is 0. The predicted molar refractivity (Wildman–Crippen MR) is 59.1 cm³/mol. The fraction of sp³-hybridized carbons (Fsp3) is 0.500. The first kappa shape index (κ1) is 11.2. The molecule has 0 radical (unpaired) electrons. The van der Waals surface area contributed by atoms with E-state index in [0.717, 1.165) is 5.56 Å². The molecule has 1 rings (SSSR count). The van der Waals surface area contributed by atoms with Crippen LogP contribution in [0, 0.1) is 0 Å². The van der Waals surface area contributed by atoms with Gasteiger partial charge in [-0.2, -0.15) is 0 Å². The summed E-state index contributed by atoms with van der Waals surface area (Å²) in [5, 5.41) is 9.95. The first-order valence-corrected chi connectivity index (χ1v) is 5.02. The van der Waals surface area contributed by atoms with Gasteiger partial charge in [-0.3, -0.25) is 0 Å². The smallest absolute Gasteiger partial charge is 0.0643 e. The molecule has 3 N–H and O–H groups in total. The van der Waals surface area contributed by atoms with Gasteiger partial charge >= 0.3 is 0 Å². The van der Waals surface area contributed by atoms with Gasteiger partial charge in [0.15, 0.2) is 0 Å². The van der Waals surface area contributed by atoms with Gasteiger partial charge in [0.1, 0.15) is 0 Å². The molecule has 1 atom stereocenters. The summed E-state index contributed by atoms with van der Waals surface area (Å²) < 4.78 is 0. The Balaban J connectivity index is 2.84. The van der Waals surface area contributed by atoms with Gasteiger partial charge in [0.2, 0.25) is 0 Å². The molecule has 0 spiro atoms. The molecule has 0 aliphatic heterocycles. The van der Waals surface area contributed by atoms with Crippen molar-refractivity contribution in [3.63, 3.8) is 0 Å². The zero-order valence-corrected chi connectivity index (χ0v) is 8.90. The van der Waals surface area contributed by atoms with E-state index >= 15 is 0 Å². The molecule has 0 aliphatic rings. The van der Waals surface area contributed by atoms with Crippen molar-refractivity contribution in [3.8, 4) is 0 Å². The maximum Gasteiger partial charge on any atom is 0.0643 e. The fourth-order valence-electron chi connectivity index (χ4n) is 1.58. The number of rotatable bonds is 4. The Kier molecular flexibility index (Phi) is 3.67. The summed E-state index contributed by atoms with van der Waals surface area (Å²) in [4.78, 5) is 0.